The van der Waals surface area contributed by atoms with Crippen LogP contribution in [0.5, 0.6) is 0 Å². The Hall–Kier alpha value is -1.48. The van der Waals surface area contributed by atoms with Crippen LogP contribution in [0.1, 0.15) is 5.56 Å². The molecule has 0 saturated heterocycles. The van der Waals surface area contributed by atoms with Crippen molar-refractivity contribution in [1.82, 2.24) is 0 Å². The molecule has 3 heteroatoms. The van der Waals surface area contributed by atoms with Crippen LogP contribution >= 0.6 is 15.9 Å². The molecule has 0 unspecified atom stereocenters. The third-order valence-corrected chi connectivity index (χ3v) is 2.87. The lowest BCUT2D eigenvalue weighted by Gasteiger charge is -2.06. The lowest BCUT2D eigenvalue weighted by atomic mass is 9.97. The molecule has 2 rings (SSSR count). The van der Waals surface area contributed by atoms with Crippen LogP contribution in [0.4, 0.5) is 0 Å². The van der Waals surface area contributed by atoms with E-state index in [-0.39, 0.29) is 11.6 Å². The molecule has 0 aliphatic heterocycles. The van der Waals surface area contributed by atoms with E-state index in [1.165, 1.54) is 18.2 Å². The molecule has 0 aromatic heterocycles. The van der Waals surface area contributed by atoms with Crippen molar-refractivity contribution in [2.24, 2.45) is 0 Å². The van der Waals surface area contributed by atoms with Gasteiger partial charge in [0.15, 0.2) is 11.6 Å². The zero-order valence-electron chi connectivity index (χ0n) is 8.44. The number of carbonyl (C=O) groups excluding carboxylic acids is 2. The van der Waals surface area contributed by atoms with E-state index in [2.05, 4.69) is 15.9 Å². The van der Waals surface area contributed by atoms with Crippen LogP contribution in [-0.2, 0) is 16.0 Å². The van der Waals surface area contributed by atoms with Gasteiger partial charge in [0, 0.05) is 16.5 Å². The van der Waals surface area contributed by atoms with Crippen molar-refractivity contribution < 1.29 is 9.59 Å². The standard InChI is InChI=1S/C13H9BrO2/c14-11-3-1-9(2-4-11)7-10-8-12(15)5-6-13(10)16/h1-6,8H,7H2. The molecule has 0 N–H and O–H groups in total. The van der Waals surface area contributed by atoms with Crippen molar-refractivity contribution in [1.29, 1.82) is 0 Å². The van der Waals surface area contributed by atoms with Gasteiger partial charge in [0.25, 0.3) is 0 Å². The van der Waals surface area contributed by atoms with Gasteiger partial charge in [0.05, 0.1) is 0 Å². The third-order valence-electron chi connectivity index (χ3n) is 2.34. The van der Waals surface area contributed by atoms with Gasteiger partial charge < -0.3 is 0 Å². The van der Waals surface area contributed by atoms with Crippen LogP contribution < -0.4 is 0 Å². The molecule has 1 aromatic rings. The number of halogens is 1. The van der Waals surface area contributed by atoms with Crippen molar-refractivity contribution in [3.63, 3.8) is 0 Å². The van der Waals surface area contributed by atoms with Gasteiger partial charge >= 0.3 is 0 Å². The summed E-state index contributed by atoms with van der Waals surface area (Å²) in [6, 6.07) is 7.70. The van der Waals surface area contributed by atoms with E-state index in [0.29, 0.717) is 12.0 Å². The maximum Gasteiger partial charge on any atom is 0.182 e. The summed E-state index contributed by atoms with van der Waals surface area (Å²) < 4.78 is 0.996. The predicted octanol–water partition coefficient (Wildman–Crippen LogP) is 2.63. The number of hydrogen-bond donors (Lipinski definition) is 0. The molecule has 0 atom stereocenters. The first-order chi connectivity index (χ1) is 7.65. The van der Waals surface area contributed by atoms with Gasteiger partial charge in [0.2, 0.25) is 0 Å². The van der Waals surface area contributed by atoms with Crippen molar-refractivity contribution in [3.8, 4) is 0 Å². The molecule has 0 bridgehead atoms. The van der Waals surface area contributed by atoms with E-state index in [0.717, 1.165) is 10.0 Å². The van der Waals surface area contributed by atoms with Crippen LogP contribution in [0.3, 0.4) is 0 Å². The van der Waals surface area contributed by atoms with Crippen molar-refractivity contribution in [2.75, 3.05) is 0 Å². The van der Waals surface area contributed by atoms with Crippen molar-refractivity contribution in [2.45, 2.75) is 6.42 Å². The lowest BCUT2D eigenvalue weighted by Crippen LogP contribution is -2.09. The minimum Gasteiger partial charge on any atom is -0.290 e. The number of benzene rings is 1. The quantitative estimate of drug-likeness (QED) is 0.779. The maximum absolute atomic E-state index is 11.5. The summed E-state index contributed by atoms with van der Waals surface area (Å²) in [7, 11) is 0. The topological polar surface area (TPSA) is 34.1 Å². The Morgan fingerprint density at radius 3 is 2.38 bits per heavy atom. The number of carbonyl (C=O) groups is 2. The monoisotopic (exact) mass is 276 g/mol. The van der Waals surface area contributed by atoms with E-state index >= 15 is 0 Å². The average molecular weight is 277 g/mol. The number of ketones is 2. The minimum absolute atomic E-state index is 0.0810. The summed E-state index contributed by atoms with van der Waals surface area (Å²) in [6.45, 7) is 0. The molecule has 1 aromatic carbocycles. The largest absolute Gasteiger partial charge is 0.290 e. The molecule has 1 aliphatic carbocycles. The first kappa shape index (κ1) is 11.0. The van der Waals surface area contributed by atoms with Crippen LogP contribution in [-0.4, -0.2) is 11.6 Å². The highest BCUT2D eigenvalue weighted by molar-refractivity contribution is 9.10. The fraction of sp³-hybridized carbons (Fsp3) is 0.0769. The highest BCUT2D eigenvalue weighted by Gasteiger charge is 2.13. The molecule has 0 heterocycles. The van der Waals surface area contributed by atoms with Gasteiger partial charge in [-0.3, -0.25) is 9.59 Å². The molecule has 1 aliphatic rings. The summed E-state index contributed by atoms with van der Waals surface area (Å²) in [5, 5.41) is 0. The molecule has 16 heavy (non-hydrogen) atoms. The van der Waals surface area contributed by atoms with E-state index in [1.807, 2.05) is 24.3 Å². The van der Waals surface area contributed by atoms with Gasteiger partial charge in [0.1, 0.15) is 0 Å². The molecule has 0 saturated carbocycles. The summed E-state index contributed by atoms with van der Waals surface area (Å²) in [4.78, 5) is 22.6. The Morgan fingerprint density at radius 1 is 1.00 bits per heavy atom. The van der Waals surface area contributed by atoms with E-state index in [9.17, 15) is 9.59 Å². The SMILES string of the molecule is O=C1C=CC(=O)C(Cc2ccc(Br)cc2)=C1. The van der Waals surface area contributed by atoms with E-state index < -0.39 is 0 Å². The minimum atomic E-state index is -0.119. The number of allylic oxidation sites excluding steroid dienone is 4. The highest BCUT2D eigenvalue weighted by Crippen LogP contribution is 2.16. The van der Waals surface area contributed by atoms with E-state index in [4.69, 9.17) is 0 Å². The number of rotatable bonds is 2. The Morgan fingerprint density at radius 2 is 1.69 bits per heavy atom. The molecule has 80 valence electrons. The first-order valence-corrected chi connectivity index (χ1v) is 5.66. The molecule has 0 amide bonds. The fourth-order valence-corrected chi connectivity index (χ4v) is 1.78. The molecular weight excluding hydrogens is 268 g/mol. The Kier molecular flexibility index (Phi) is 3.15. The van der Waals surface area contributed by atoms with Gasteiger partial charge in [-0.2, -0.15) is 0 Å². The van der Waals surface area contributed by atoms with Gasteiger partial charge in [-0.15, -0.1) is 0 Å². The van der Waals surface area contributed by atoms with Crippen LogP contribution in [0, 0.1) is 0 Å². The highest BCUT2D eigenvalue weighted by atomic mass is 79.9. The Labute approximate surface area is 102 Å². The second kappa shape index (κ2) is 4.58. The number of hydrogen-bond acceptors (Lipinski definition) is 2. The van der Waals surface area contributed by atoms with Gasteiger partial charge in [-0.1, -0.05) is 28.1 Å². The predicted molar refractivity (Wildman–Crippen MR) is 65.1 cm³/mol. The molecule has 0 fully saturated rings. The van der Waals surface area contributed by atoms with Crippen LogP contribution in [0.2, 0.25) is 0 Å². The maximum atomic E-state index is 11.5. The summed E-state index contributed by atoms with van der Waals surface area (Å²) in [5.74, 6) is -0.200. The van der Waals surface area contributed by atoms with Crippen molar-refractivity contribution in [3.05, 3.63) is 58.1 Å². The third kappa shape index (κ3) is 2.55. The second-order valence-corrected chi connectivity index (χ2v) is 4.49. The second-order valence-electron chi connectivity index (χ2n) is 3.57. The normalized spacial score (nSPS) is 15.2. The molecule has 0 radical (unpaired) electrons. The van der Waals surface area contributed by atoms with Crippen molar-refractivity contribution >= 4 is 27.5 Å². The molecule has 0 spiro atoms. The van der Waals surface area contributed by atoms with Gasteiger partial charge in [-0.05, 0) is 35.9 Å². The van der Waals surface area contributed by atoms with Crippen LogP contribution in [0.15, 0.2) is 52.5 Å². The first-order valence-electron chi connectivity index (χ1n) is 4.86. The summed E-state index contributed by atoms with van der Waals surface area (Å²) >= 11 is 3.35. The average Bonchev–Trinajstić information content (AvgIpc) is 2.27. The molecular formula is C13H9BrO2. The smallest absolute Gasteiger partial charge is 0.182 e. The molecule has 2 nitrogen and oxygen atoms in total. The zero-order chi connectivity index (χ0) is 11.5. The fourth-order valence-electron chi connectivity index (χ4n) is 1.52. The van der Waals surface area contributed by atoms with Crippen LogP contribution in [0.25, 0.3) is 0 Å². The summed E-state index contributed by atoms with van der Waals surface area (Å²) in [6.07, 6.45) is 4.54. The zero-order valence-corrected chi connectivity index (χ0v) is 10.0. The van der Waals surface area contributed by atoms with E-state index in [1.54, 1.807) is 0 Å². The lowest BCUT2D eigenvalue weighted by molar-refractivity contribution is -0.114. The Balaban J connectivity index is 2.18. The van der Waals surface area contributed by atoms with Gasteiger partial charge in [-0.25, -0.2) is 0 Å². The summed E-state index contributed by atoms with van der Waals surface area (Å²) in [5.41, 5.74) is 1.57. The Bertz CT molecular complexity index is 495.